The van der Waals surface area contributed by atoms with E-state index >= 15 is 0 Å². The molecule has 17 heavy (non-hydrogen) atoms. The second kappa shape index (κ2) is 4.14. The molecule has 4 nitrogen and oxygen atoms in total. The topological polar surface area (TPSA) is 66.4 Å². The first-order valence-corrected chi connectivity index (χ1v) is 6.31. The third-order valence-corrected chi connectivity index (χ3v) is 4.21. The molecule has 1 amide bonds. The molecule has 2 rings (SSSR count). The van der Waals surface area contributed by atoms with E-state index in [1.165, 1.54) is 11.3 Å². The zero-order chi connectivity index (χ0) is 12.6. The van der Waals surface area contributed by atoms with E-state index < -0.39 is 5.97 Å². The van der Waals surface area contributed by atoms with Crippen molar-refractivity contribution < 1.29 is 14.7 Å². The van der Waals surface area contributed by atoms with Gasteiger partial charge >= 0.3 is 5.97 Å². The molecule has 1 aromatic heterocycles. The summed E-state index contributed by atoms with van der Waals surface area (Å²) in [6.45, 7) is 4.57. The lowest BCUT2D eigenvalue weighted by Crippen LogP contribution is -2.25. The molecule has 1 aliphatic carbocycles. The standard InChI is InChI=1S/C12H15NO3S/c1-12(2)5-8(12)10(14)13-6-7-3-4-9(17-7)11(15)16/h3-4,8H,5-6H2,1-2H3,(H,13,14)(H,15,16). The normalized spacial score (nSPS) is 20.9. The van der Waals surface area contributed by atoms with Crippen LogP contribution in [0.5, 0.6) is 0 Å². The first-order chi connectivity index (χ1) is 7.90. The molecule has 0 aromatic carbocycles. The number of carbonyl (C=O) groups excluding carboxylic acids is 1. The highest BCUT2D eigenvalue weighted by atomic mass is 32.1. The van der Waals surface area contributed by atoms with Crippen molar-refractivity contribution in [2.75, 3.05) is 0 Å². The molecular formula is C12H15NO3S. The number of carboxylic acid groups (broad SMARTS) is 1. The second-order valence-corrected chi connectivity index (χ2v) is 6.20. The summed E-state index contributed by atoms with van der Waals surface area (Å²) in [4.78, 5) is 23.6. The average molecular weight is 253 g/mol. The predicted octanol–water partition coefficient (Wildman–Crippen LogP) is 2.11. The molecule has 0 radical (unpaired) electrons. The van der Waals surface area contributed by atoms with Crippen LogP contribution in [0.25, 0.3) is 0 Å². The Bertz CT molecular complexity index is 464. The highest BCUT2D eigenvalue weighted by molar-refractivity contribution is 7.13. The Morgan fingerprint density at radius 1 is 1.53 bits per heavy atom. The predicted molar refractivity (Wildman–Crippen MR) is 65.0 cm³/mol. The van der Waals surface area contributed by atoms with Crippen LogP contribution < -0.4 is 5.32 Å². The van der Waals surface area contributed by atoms with Gasteiger partial charge in [0.05, 0.1) is 6.54 Å². The molecular weight excluding hydrogens is 238 g/mol. The van der Waals surface area contributed by atoms with Crippen LogP contribution in [0, 0.1) is 11.3 Å². The first kappa shape index (κ1) is 12.1. The SMILES string of the molecule is CC1(C)CC1C(=O)NCc1ccc(C(=O)O)s1. The zero-order valence-electron chi connectivity index (χ0n) is 9.82. The van der Waals surface area contributed by atoms with Gasteiger partial charge in [-0.05, 0) is 24.0 Å². The Hall–Kier alpha value is -1.36. The van der Waals surface area contributed by atoms with Crippen molar-refractivity contribution in [3.8, 4) is 0 Å². The summed E-state index contributed by atoms with van der Waals surface area (Å²) in [5.74, 6) is -0.738. The van der Waals surface area contributed by atoms with Crippen LogP contribution in [0.3, 0.4) is 0 Å². The Morgan fingerprint density at radius 3 is 2.65 bits per heavy atom. The van der Waals surface area contributed by atoms with Gasteiger partial charge in [-0.2, -0.15) is 0 Å². The Labute approximate surface area is 104 Å². The van der Waals surface area contributed by atoms with E-state index in [-0.39, 0.29) is 17.2 Å². The van der Waals surface area contributed by atoms with Gasteiger partial charge in [-0.1, -0.05) is 13.8 Å². The second-order valence-electron chi connectivity index (χ2n) is 5.03. The molecule has 1 aromatic rings. The molecule has 1 fully saturated rings. The molecule has 0 saturated heterocycles. The van der Waals surface area contributed by atoms with E-state index in [2.05, 4.69) is 19.2 Å². The van der Waals surface area contributed by atoms with Gasteiger partial charge in [0.15, 0.2) is 0 Å². The van der Waals surface area contributed by atoms with Crippen LogP contribution in [-0.4, -0.2) is 17.0 Å². The molecule has 1 heterocycles. The molecule has 92 valence electrons. The highest BCUT2D eigenvalue weighted by Gasteiger charge is 2.50. The van der Waals surface area contributed by atoms with Gasteiger partial charge in [0.1, 0.15) is 4.88 Å². The lowest BCUT2D eigenvalue weighted by atomic mass is 10.1. The van der Waals surface area contributed by atoms with Gasteiger partial charge in [0.25, 0.3) is 0 Å². The summed E-state index contributed by atoms with van der Waals surface area (Å²) >= 11 is 1.20. The monoisotopic (exact) mass is 253 g/mol. The summed E-state index contributed by atoms with van der Waals surface area (Å²) in [5.41, 5.74) is 0.131. The van der Waals surface area contributed by atoms with Crippen molar-refractivity contribution in [1.29, 1.82) is 0 Å². The lowest BCUT2D eigenvalue weighted by Gasteiger charge is -2.04. The third-order valence-electron chi connectivity index (χ3n) is 3.14. The van der Waals surface area contributed by atoms with Crippen LogP contribution in [0.1, 0.15) is 34.8 Å². The minimum Gasteiger partial charge on any atom is -0.477 e. The van der Waals surface area contributed by atoms with Crippen LogP contribution in [0.4, 0.5) is 0 Å². The fourth-order valence-electron chi connectivity index (χ4n) is 1.80. The number of hydrogen-bond acceptors (Lipinski definition) is 3. The molecule has 1 aliphatic rings. The van der Waals surface area contributed by atoms with Gasteiger partial charge < -0.3 is 10.4 Å². The number of thiophene rings is 1. The van der Waals surface area contributed by atoms with Crippen molar-refractivity contribution in [2.45, 2.75) is 26.8 Å². The van der Waals surface area contributed by atoms with Crippen LogP contribution in [0.2, 0.25) is 0 Å². The molecule has 1 unspecified atom stereocenters. The zero-order valence-corrected chi connectivity index (χ0v) is 10.6. The van der Waals surface area contributed by atoms with E-state index in [0.29, 0.717) is 11.4 Å². The van der Waals surface area contributed by atoms with Crippen LogP contribution in [0.15, 0.2) is 12.1 Å². The molecule has 1 atom stereocenters. The number of amides is 1. The van der Waals surface area contributed by atoms with Gasteiger partial charge in [-0.3, -0.25) is 4.79 Å². The number of aromatic carboxylic acids is 1. The lowest BCUT2D eigenvalue weighted by molar-refractivity contribution is -0.123. The molecule has 0 spiro atoms. The third kappa shape index (κ3) is 2.66. The average Bonchev–Trinajstić information content (AvgIpc) is 2.71. The van der Waals surface area contributed by atoms with Crippen molar-refractivity contribution in [2.24, 2.45) is 11.3 Å². The van der Waals surface area contributed by atoms with E-state index in [1.54, 1.807) is 12.1 Å². The van der Waals surface area contributed by atoms with E-state index in [9.17, 15) is 9.59 Å². The summed E-state index contributed by atoms with van der Waals surface area (Å²) in [6, 6.07) is 3.31. The maximum Gasteiger partial charge on any atom is 0.345 e. The highest BCUT2D eigenvalue weighted by Crippen LogP contribution is 2.51. The van der Waals surface area contributed by atoms with Crippen LogP contribution >= 0.6 is 11.3 Å². The fourth-order valence-corrected chi connectivity index (χ4v) is 2.59. The van der Waals surface area contributed by atoms with Gasteiger partial charge in [-0.25, -0.2) is 4.79 Å². The maximum absolute atomic E-state index is 11.7. The number of carboxylic acids is 1. The van der Waals surface area contributed by atoms with Crippen molar-refractivity contribution in [3.05, 3.63) is 21.9 Å². The number of rotatable bonds is 4. The number of hydrogen-bond donors (Lipinski definition) is 2. The fraction of sp³-hybridized carbons (Fsp3) is 0.500. The van der Waals surface area contributed by atoms with E-state index in [0.717, 1.165) is 11.3 Å². The maximum atomic E-state index is 11.7. The Morgan fingerprint density at radius 2 is 2.18 bits per heavy atom. The minimum absolute atomic E-state index is 0.0697. The first-order valence-electron chi connectivity index (χ1n) is 5.50. The number of nitrogens with one attached hydrogen (secondary N) is 1. The summed E-state index contributed by atoms with van der Waals surface area (Å²) < 4.78 is 0. The molecule has 5 heteroatoms. The smallest absolute Gasteiger partial charge is 0.345 e. The minimum atomic E-state index is -0.920. The van der Waals surface area contributed by atoms with Crippen molar-refractivity contribution in [3.63, 3.8) is 0 Å². The van der Waals surface area contributed by atoms with Gasteiger partial charge in [-0.15, -0.1) is 11.3 Å². The molecule has 0 bridgehead atoms. The summed E-state index contributed by atoms with van der Waals surface area (Å²) in [6.07, 6.45) is 0.934. The largest absolute Gasteiger partial charge is 0.477 e. The van der Waals surface area contributed by atoms with Crippen LogP contribution in [-0.2, 0) is 11.3 Å². The van der Waals surface area contributed by atoms with E-state index in [1.807, 2.05) is 0 Å². The molecule has 0 aliphatic heterocycles. The Balaban J connectivity index is 1.86. The van der Waals surface area contributed by atoms with E-state index in [4.69, 9.17) is 5.11 Å². The van der Waals surface area contributed by atoms with Crippen molar-refractivity contribution in [1.82, 2.24) is 5.32 Å². The summed E-state index contributed by atoms with van der Waals surface area (Å²) in [7, 11) is 0. The van der Waals surface area contributed by atoms with Gasteiger partial charge in [0.2, 0.25) is 5.91 Å². The summed E-state index contributed by atoms with van der Waals surface area (Å²) in [5, 5.41) is 11.6. The quantitative estimate of drug-likeness (QED) is 0.863. The Kier molecular flexibility index (Phi) is 2.95. The molecule has 1 saturated carbocycles. The van der Waals surface area contributed by atoms with Crippen molar-refractivity contribution >= 4 is 23.2 Å². The number of carbonyl (C=O) groups is 2. The van der Waals surface area contributed by atoms with Gasteiger partial charge in [0, 0.05) is 10.8 Å². The molecule has 2 N–H and O–H groups in total.